The fourth-order valence-electron chi connectivity index (χ4n) is 7.78. The minimum atomic E-state index is -0.972. The molecule has 0 saturated heterocycles. The number of benzene rings is 4. The van der Waals surface area contributed by atoms with Gasteiger partial charge < -0.3 is 24.1 Å². The third-order valence-electron chi connectivity index (χ3n) is 9.50. The summed E-state index contributed by atoms with van der Waals surface area (Å²) < 4.78 is 9.52. The summed E-state index contributed by atoms with van der Waals surface area (Å²) in [6.07, 6.45) is -1.41. The van der Waals surface area contributed by atoms with Crippen molar-refractivity contribution in [3.05, 3.63) is 89.5 Å². The van der Waals surface area contributed by atoms with Gasteiger partial charge in [0.15, 0.2) is 0 Å². The first kappa shape index (κ1) is 23.1. The molecule has 4 aromatic carbocycles. The van der Waals surface area contributed by atoms with Gasteiger partial charge in [0.25, 0.3) is 11.8 Å². The van der Waals surface area contributed by atoms with E-state index >= 15 is 0 Å². The van der Waals surface area contributed by atoms with Gasteiger partial charge in [0.2, 0.25) is 0 Å². The van der Waals surface area contributed by atoms with Crippen molar-refractivity contribution >= 4 is 55.4 Å². The highest BCUT2D eigenvalue weighted by Crippen LogP contribution is 2.54. The summed E-state index contributed by atoms with van der Waals surface area (Å²) in [4.78, 5) is 30.0. The number of ether oxygens (including phenoxy) is 1. The number of aliphatic hydroxyl groups is 2. The Morgan fingerprint density at radius 3 is 1.71 bits per heavy atom. The molecule has 41 heavy (non-hydrogen) atoms. The molecule has 1 saturated carbocycles. The van der Waals surface area contributed by atoms with Crippen molar-refractivity contribution in [3.63, 3.8) is 0 Å². The van der Waals surface area contributed by atoms with Gasteiger partial charge >= 0.3 is 0 Å². The maximum absolute atomic E-state index is 14.3. The van der Waals surface area contributed by atoms with Crippen LogP contribution in [0.25, 0.3) is 43.6 Å². The van der Waals surface area contributed by atoms with E-state index in [9.17, 15) is 19.8 Å². The number of hydrogen-bond donors (Lipinski definition) is 2. The van der Waals surface area contributed by atoms with E-state index < -0.39 is 12.2 Å². The van der Waals surface area contributed by atoms with E-state index in [-0.39, 0.29) is 30.4 Å². The highest BCUT2D eigenvalue weighted by molar-refractivity contribution is 6.39. The Bertz CT molecular complexity index is 2010. The molecule has 2 amide bonds. The Morgan fingerprint density at radius 2 is 1.22 bits per heavy atom. The molecule has 0 radical (unpaired) electrons. The molecule has 2 aliphatic heterocycles. The smallest absolute Gasteiger partial charge is 0.262 e. The van der Waals surface area contributed by atoms with Crippen molar-refractivity contribution in [2.75, 3.05) is 7.11 Å². The minimum absolute atomic E-state index is 0.138. The number of rotatable bonds is 3. The second-order valence-electron chi connectivity index (χ2n) is 11.4. The van der Waals surface area contributed by atoms with E-state index in [0.717, 1.165) is 49.2 Å². The lowest BCUT2D eigenvalue weighted by Crippen LogP contribution is -2.31. The highest BCUT2D eigenvalue weighted by Gasteiger charge is 2.50. The number of nitrogens with zero attached hydrogens (tertiary/aromatic N) is 3. The van der Waals surface area contributed by atoms with Crippen molar-refractivity contribution in [2.45, 2.75) is 37.3 Å². The molecule has 8 nitrogen and oxygen atoms in total. The van der Waals surface area contributed by atoms with Crippen molar-refractivity contribution in [1.82, 2.24) is 14.0 Å². The number of methoxy groups -OCH3 is 1. The van der Waals surface area contributed by atoms with E-state index in [2.05, 4.69) is 9.13 Å². The van der Waals surface area contributed by atoms with Crippen molar-refractivity contribution in [2.24, 2.45) is 0 Å². The number of amides is 2. The first-order valence-electron chi connectivity index (χ1n) is 13.9. The van der Waals surface area contributed by atoms with E-state index in [1.807, 2.05) is 72.8 Å². The van der Waals surface area contributed by atoms with Crippen LogP contribution in [-0.2, 0) is 6.54 Å². The number of hydrogen-bond acceptors (Lipinski definition) is 5. The van der Waals surface area contributed by atoms with Gasteiger partial charge in [0.1, 0.15) is 18.0 Å². The van der Waals surface area contributed by atoms with Crippen LogP contribution < -0.4 is 4.74 Å². The van der Waals surface area contributed by atoms with Crippen LogP contribution in [0.2, 0.25) is 0 Å². The fraction of sp³-hybridized carbons (Fsp3) is 0.212. The van der Waals surface area contributed by atoms with E-state index in [4.69, 9.17) is 4.74 Å². The molecule has 1 aliphatic carbocycles. The predicted molar refractivity (Wildman–Crippen MR) is 154 cm³/mol. The Balaban J connectivity index is 1.44. The summed E-state index contributed by atoms with van der Waals surface area (Å²) in [5.41, 5.74) is 5.07. The molecular formula is C33H25N3O5. The van der Waals surface area contributed by atoms with Crippen LogP contribution in [0.5, 0.6) is 5.75 Å². The lowest BCUT2D eigenvalue weighted by atomic mass is 9.96. The first-order chi connectivity index (χ1) is 20.0. The predicted octanol–water partition coefficient (Wildman–Crippen LogP) is 4.93. The average Bonchev–Trinajstić information content (AvgIpc) is 3.64. The summed E-state index contributed by atoms with van der Waals surface area (Å²) in [6, 6.07) is 22.3. The molecule has 8 heteroatoms. The van der Waals surface area contributed by atoms with Gasteiger partial charge in [-0.3, -0.25) is 14.5 Å². The number of carbonyl (C=O) groups excluding carboxylic acids is 2. The van der Waals surface area contributed by atoms with E-state index in [0.29, 0.717) is 23.3 Å². The van der Waals surface area contributed by atoms with Gasteiger partial charge in [0, 0.05) is 32.6 Å². The van der Waals surface area contributed by atoms with Gasteiger partial charge in [-0.1, -0.05) is 48.5 Å². The zero-order chi connectivity index (χ0) is 27.7. The van der Waals surface area contributed by atoms with E-state index in [1.165, 1.54) is 4.90 Å². The Kier molecular flexibility index (Phi) is 4.36. The van der Waals surface area contributed by atoms with Crippen LogP contribution >= 0.6 is 0 Å². The largest absolute Gasteiger partial charge is 0.497 e. The summed E-state index contributed by atoms with van der Waals surface area (Å²) in [5, 5.41) is 25.8. The molecule has 2 aromatic heterocycles. The maximum Gasteiger partial charge on any atom is 0.262 e. The highest BCUT2D eigenvalue weighted by atomic mass is 16.5. The topological polar surface area (TPSA) is 96.9 Å². The monoisotopic (exact) mass is 543 g/mol. The lowest BCUT2D eigenvalue weighted by molar-refractivity contribution is 0.0101. The number of aromatic nitrogens is 2. The van der Waals surface area contributed by atoms with Crippen molar-refractivity contribution in [1.29, 1.82) is 0 Å². The summed E-state index contributed by atoms with van der Waals surface area (Å²) in [6.45, 7) is 0.138. The summed E-state index contributed by atoms with van der Waals surface area (Å²) in [7, 11) is 1.60. The van der Waals surface area contributed by atoms with Crippen LogP contribution in [0.4, 0.5) is 0 Å². The second-order valence-corrected chi connectivity index (χ2v) is 11.4. The zero-order valence-electron chi connectivity index (χ0n) is 22.1. The quantitative estimate of drug-likeness (QED) is 0.309. The molecule has 9 rings (SSSR count). The molecule has 0 spiro atoms. The second kappa shape index (κ2) is 7.75. The number of fused-ring (bicyclic) bond motifs is 13. The van der Waals surface area contributed by atoms with Gasteiger partial charge in [-0.2, -0.15) is 0 Å². The molecule has 3 aliphatic rings. The van der Waals surface area contributed by atoms with E-state index in [1.54, 1.807) is 7.11 Å². The number of aliphatic hydroxyl groups excluding tert-OH is 2. The number of para-hydroxylation sites is 2. The van der Waals surface area contributed by atoms with Crippen LogP contribution in [0.1, 0.15) is 44.8 Å². The first-order valence-corrected chi connectivity index (χ1v) is 13.9. The van der Waals surface area contributed by atoms with Crippen LogP contribution in [-0.4, -0.2) is 55.4 Å². The molecule has 4 heterocycles. The van der Waals surface area contributed by atoms with Crippen molar-refractivity contribution < 1.29 is 24.5 Å². The standard InChI is InChI=1S/C33H25N3O5/c1-41-17-12-10-16(11-13-17)15-34-32(39)26-24-18-6-2-4-8-20(18)35-22-14-23(31(38)30(22)37)36-21-9-5-3-7-19(21)25(27(26)33(34)40)29(36)28(24)35/h2-13,22-23,30-31,37-38H,14-15H2,1H3/t22-,23+,30+,31-. The molecule has 1 fully saturated rings. The molecular weight excluding hydrogens is 518 g/mol. The third-order valence-corrected chi connectivity index (χ3v) is 9.50. The SMILES string of the molecule is COc1ccc(CN2C(=O)c3c(c4c5ccccc5n5c4c4c3c3ccccc3n4[C@@H]3C[C@H]5[C@@H](O)[C@H]3O)C2=O)cc1. The van der Waals surface area contributed by atoms with Gasteiger partial charge in [-0.05, 0) is 36.2 Å². The average molecular weight is 544 g/mol. The lowest BCUT2D eigenvalue weighted by Gasteiger charge is -2.24. The molecule has 2 bridgehead atoms. The zero-order valence-corrected chi connectivity index (χ0v) is 22.1. The maximum atomic E-state index is 14.3. The summed E-state index contributed by atoms with van der Waals surface area (Å²) in [5.74, 6) is 0.0588. The van der Waals surface area contributed by atoms with Gasteiger partial charge in [-0.15, -0.1) is 0 Å². The van der Waals surface area contributed by atoms with Crippen LogP contribution in [0.3, 0.4) is 0 Å². The number of imide groups is 1. The Labute approximate surface area is 233 Å². The minimum Gasteiger partial charge on any atom is -0.497 e. The van der Waals surface area contributed by atoms with Gasteiger partial charge in [-0.25, -0.2) is 0 Å². The summed E-state index contributed by atoms with van der Waals surface area (Å²) >= 11 is 0. The molecule has 0 unspecified atom stereocenters. The molecule has 202 valence electrons. The number of carbonyl (C=O) groups is 2. The molecule has 2 N–H and O–H groups in total. The van der Waals surface area contributed by atoms with Crippen LogP contribution in [0, 0.1) is 0 Å². The van der Waals surface area contributed by atoms with Crippen LogP contribution in [0.15, 0.2) is 72.8 Å². The van der Waals surface area contributed by atoms with Gasteiger partial charge in [0.05, 0.1) is 47.9 Å². The molecule has 4 atom stereocenters. The third kappa shape index (κ3) is 2.67. The van der Waals surface area contributed by atoms with Crippen molar-refractivity contribution in [3.8, 4) is 5.75 Å². The molecule has 6 aromatic rings. The fourth-order valence-corrected chi connectivity index (χ4v) is 7.78. The Hall–Kier alpha value is -4.66. The normalized spacial score (nSPS) is 23.0. The Morgan fingerprint density at radius 1 is 0.732 bits per heavy atom.